The molecule has 0 saturated carbocycles. The maximum atomic E-state index is 6.13. The topological polar surface area (TPSA) is 284 Å². The molecular formula is C91H93Cl2I3N22O4Sn. The van der Waals surface area contributed by atoms with Crippen LogP contribution in [0.15, 0.2) is 229 Å². The van der Waals surface area contributed by atoms with Crippen molar-refractivity contribution in [1.82, 2.24) is 79.0 Å². The van der Waals surface area contributed by atoms with Crippen LogP contribution >= 0.6 is 91.0 Å². The second kappa shape index (κ2) is 43.1. The SMILES string of the molecule is CCNc1nccc2c1C(c1ccccn1)=NC2.CCNc1nccc2c1[c]([Sn]([CH3])([CH3])[CH3])nn2Cc1ccc(OC)cc1.CCNc1nccc2c1c(-c1ccccn1)nn2Cc1ccc(OC)cc1.CCNc1nccc2c1c(I)nn2Cc1ccc(OC)cc1.COc1ccc(Cn2nc(I)c3c(Cl)nccc32)cc1.Clc1nccc2c1C(I)=NC2. The van der Waals surface area contributed by atoms with E-state index in [1.165, 1.54) is 31.3 Å². The molecule has 16 aromatic rings. The van der Waals surface area contributed by atoms with E-state index in [1.807, 2.05) is 166 Å². The number of halogens is 5. The third-order valence-electron chi connectivity index (χ3n) is 19.7. The summed E-state index contributed by atoms with van der Waals surface area (Å²) in [6.45, 7) is 15.9. The Kier molecular flexibility index (Phi) is 31.5. The fourth-order valence-corrected chi connectivity index (χ4v) is 21.0. The Labute approximate surface area is 769 Å². The summed E-state index contributed by atoms with van der Waals surface area (Å²) in [5.41, 5.74) is 17.0. The number of fused-ring (bicyclic) bond motifs is 6. The maximum Gasteiger partial charge on any atom is 0.141 e. The van der Waals surface area contributed by atoms with Crippen molar-refractivity contribution in [3.8, 4) is 34.4 Å². The molecule has 2 aliphatic heterocycles. The first-order valence-electron chi connectivity index (χ1n) is 39.9. The van der Waals surface area contributed by atoms with Crippen LogP contribution in [0.2, 0.25) is 25.1 Å². The summed E-state index contributed by atoms with van der Waals surface area (Å²) in [5.74, 6) is 7.01. The number of benzene rings is 4. The first-order valence-corrected chi connectivity index (χ1v) is 53.9. The van der Waals surface area contributed by atoms with E-state index in [2.05, 4.69) is 239 Å². The molecule has 4 N–H and O–H groups in total. The van der Waals surface area contributed by atoms with Gasteiger partial charge in [0.1, 0.15) is 61.8 Å². The Bertz CT molecular complexity index is 6320. The van der Waals surface area contributed by atoms with Gasteiger partial charge in [0, 0.05) is 74.1 Å². The summed E-state index contributed by atoms with van der Waals surface area (Å²) in [7, 11) is 6.69. The molecular weight excluding hydrogens is 2040 g/mol. The van der Waals surface area contributed by atoms with Gasteiger partial charge in [-0.05, 0) is 207 Å². The first-order chi connectivity index (χ1) is 59.8. The largest absolute Gasteiger partial charge is 0.497 e. The zero-order valence-electron chi connectivity index (χ0n) is 69.9. The van der Waals surface area contributed by atoms with E-state index in [-0.39, 0.29) is 0 Å². The molecule has 26 nitrogen and oxygen atoms in total. The molecule has 0 aliphatic carbocycles. The second-order valence-corrected chi connectivity index (χ2v) is 46.8. The van der Waals surface area contributed by atoms with Gasteiger partial charge in [-0.3, -0.25) is 34.0 Å². The van der Waals surface area contributed by atoms with E-state index in [0.717, 1.165) is 186 Å². The van der Waals surface area contributed by atoms with Crippen molar-refractivity contribution in [2.75, 3.05) is 75.9 Å². The fourth-order valence-electron chi connectivity index (χ4n) is 13.8. The Morgan fingerprint density at radius 3 is 1.18 bits per heavy atom. The number of methoxy groups -OCH3 is 4. The summed E-state index contributed by atoms with van der Waals surface area (Å²) in [6, 6.07) is 56.0. The molecule has 123 heavy (non-hydrogen) atoms. The molecule has 0 unspecified atom stereocenters. The van der Waals surface area contributed by atoms with Crippen molar-refractivity contribution in [1.29, 1.82) is 0 Å². The number of nitrogens with zero attached hydrogens (tertiary/aromatic N) is 18. The van der Waals surface area contributed by atoms with Crippen LogP contribution in [0, 0.1) is 7.40 Å². The van der Waals surface area contributed by atoms with Crippen LogP contribution in [-0.2, 0) is 39.3 Å². The van der Waals surface area contributed by atoms with Crippen molar-refractivity contribution in [2.45, 2.75) is 81.8 Å². The number of hydrogen-bond donors (Lipinski definition) is 4. The van der Waals surface area contributed by atoms with E-state index in [9.17, 15) is 0 Å². The Hall–Kier alpha value is -10.7. The van der Waals surface area contributed by atoms with Gasteiger partial charge in [0.15, 0.2) is 0 Å². The predicted octanol–water partition coefficient (Wildman–Crippen LogP) is 19.4. The predicted molar refractivity (Wildman–Crippen MR) is 523 cm³/mol. The van der Waals surface area contributed by atoms with Crippen molar-refractivity contribution in [3.63, 3.8) is 0 Å². The fraction of sp³-hybridized carbons (Fsp3) is 0.231. The maximum absolute atomic E-state index is 6.13. The smallest absolute Gasteiger partial charge is 0.141 e. The molecule has 0 amide bonds. The summed E-state index contributed by atoms with van der Waals surface area (Å²) < 4.78 is 33.0. The molecule has 0 saturated heterocycles. The number of aromatic nitrogens is 16. The van der Waals surface area contributed by atoms with Gasteiger partial charge in [-0.1, -0.05) is 71.7 Å². The number of anilines is 4. The minimum Gasteiger partial charge on any atom is -0.497 e. The van der Waals surface area contributed by atoms with Gasteiger partial charge >= 0.3 is 153 Å². The van der Waals surface area contributed by atoms with Crippen LogP contribution in [0.4, 0.5) is 23.3 Å². The molecule has 0 bridgehead atoms. The van der Waals surface area contributed by atoms with Gasteiger partial charge in [-0.2, -0.15) is 15.3 Å². The number of pyridine rings is 8. The molecule has 4 aromatic carbocycles. The molecule has 0 atom stereocenters. The minimum absolute atomic E-state index is 0.493. The van der Waals surface area contributed by atoms with Gasteiger partial charge in [0.05, 0.1) is 104 Å². The third-order valence-corrected chi connectivity index (χ3v) is 27.7. The number of nitrogens with one attached hydrogen (secondary N) is 4. The quantitative estimate of drug-likeness (QED) is 0.0263. The normalized spacial score (nSPS) is 11.7. The van der Waals surface area contributed by atoms with Crippen LogP contribution in [0.1, 0.15) is 77.9 Å². The summed E-state index contributed by atoms with van der Waals surface area (Å²) in [4.78, 5) is 50.9. The monoisotopic (exact) mass is 2130 g/mol. The van der Waals surface area contributed by atoms with E-state index in [4.69, 9.17) is 52.3 Å². The minimum atomic E-state index is -2.39. The van der Waals surface area contributed by atoms with Gasteiger partial charge in [0.25, 0.3) is 0 Å². The summed E-state index contributed by atoms with van der Waals surface area (Å²) in [5, 5.41) is 37.7. The zero-order valence-corrected chi connectivity index (χ0v) is 80.8. The van der Waals surface area contributed by atoms with E-state index < -0.39 is 18.4 Å². The van der Waals surface area contributed by atoms with E-state index >= 15 is 0 Å². The number of aliphatic imine (C=N–C) groups is 2. The summed E-state index contributed by atoms with van der Waals surface area (Å²) >= 11 is 16.2. The van der Waals surface area contributed by atoms with Gasteiger partial charge in [-0.15, -0.1) is 0 Å². The molecule has 0 fully saturated rings. The van der Waals surface area contributed by atoms with E-state index in [1.54, 1.807) is 53.2 Å². The average molecular weight is 2130 g/mol. The number of ether oxygens (including phenoxy) is 4. The van der Waals surface area contributed by atoms with Crippen LogP contribution in [-0.4, -0.2) is 161 Å². The average Bonchev–Trinajstić information content (AvgIpc) is 1.62. The second-order valence-electron chi connectivity index (χ2n) is 28.9. The third kappa shape index (κ3) is 22.1. The summed E-state index contributed by atoms with van der Waals surface area (Å²) in [6.07, 6.45) is 14.3. The first kappa shape index (κ1) is 90.0. The molecule has 0 spiro atoms. The van der Waals surface area contributed by atoms with Crippen LogP contribution < -0.4 is 43.9 Å². The van der Waals surface area contributed by atoms with Gasteiger partial charge in [0.2, 0.25) is 0 Å². The molecule has 0 radical (unpaired) electrons. The molecule has 2 aliphatic rings. The molecule has 32 heteroatoms. The van der Waals surface area contributed by atoms with Gasteiger partial charge < -0.3 is 30.2 Å². The molecule has 12 aromatic heterocycles. The van der Waals surface area contributed by atoms with Crippen LogP contribution in [0.3, 0.4) is 0 Å². The van der Waals surface area contributed by atoms with Gasteiger partial charge in [-0.25, -0.2) is 24.9 Å². The van der Waals surface area contributed by atoms with Crippen LogP contribution in [0.5, 0.6) is 23.0 Å². The number of hydrogen-bond acceptors (Lipinski definition) is 22. The van der Waals surface area contributed by atoms with Crippen LogP contribution in [0.25, 0.3) is 55.0 Å². The van der Waals surface area contributed by atoms with Crippen molar-refractivity contribution in [2.24, 2.45) is 9.98 Å². The Morgan fingerprint density at radius 1 is 0.358 bits per heavy atom. The standard InChI is InChI=1S/C21H21N5O.C16H17IN4O.C16H17N4O.C14H11ClIN3O.C14H14N4.C7H4ClIN2.3CH3.Sn/c1-3-22-21-19-18(11-13-24-21)26(14-15-7-9-16(27-2)10-8-15)25-20(19)17-6-4-5-12-23-17;1-3-18-16-14-13(8-9-19-16)21(20-15(14)17)10-11-4-6-12(22-2)7-5-11;1-3-17-16-14-10-19-20(15(14)8-9-18-16)11-12-4-6-13(21-2)7-5-12;1-20-10-4-2-9(3-5-10)8-19-11-6-7-17-13(15)12(11)14(16)18-19;1-2-15-14-12-10(6-8-17-14)9-18-13(12)11-5-3-4-7-16-11;8-6-5-4(1-2-10-6)3-11-7(5)9;;;;/h4-13H,3,14H2,1-2H3,(H,22,24);4-9H,3,10H2,1-2H3,(H,18,19);4-9H,3,11H2,1-2H3,(H,17,18);2-7H,8H2,1H3;3-8H,2,9H2,1H3,(H,15,17);1-2H,3H2;3*1H3;. The van der Waals surface area contributed by atoms with Crippen molar-refractivity contribution >= 4 is 189 Å². The van der Waals surface area contributed by atoms with Crippen molar-refractivity contribution in [3.05, 3.63) is 287 Å². The van der Waals surface area contributed by atoms with E-state index in [0.29, 0.717) is 29.9 Å². The van der Waals surface area contributed by atoms with Crippen molar-refractivity contribution < 1.29 is 18.9 Å². The zero-order chi connectivity index (χ0) is 86.5. The molecule has 630 valence electrons. The molecule has 14 heterocycles. The Morgan fingerprint density at radius 2 is 0.724 bits per heavy atom. The Balaban J connectivity index is 0.000000129. The molecule has 18 rings (SSSR count). The number of rotatable bonds is 23.